The lowest BCUT2D eigenvalue weighted by Gasteiger charge is -2.17. The molecule has 18 heavy (non-hydrogen) atoms. The summed E-state index contributed by atoms with van der Waals surface area (Å²) in [4.78, 5) is 11.5. The second kappa shape index (κ2) is 10.1. The maximum absolute atomic E-state index is 11.5. The van der Waals surface area contributed by atoms with Crippen LogP contribution in [-0.2, 0) is 16.1 Å². The summed E-state index contributed by atoms with van der Waals surface area (Å²) in [5, 5.41) is 6.85. The fourth-order valence-electron chi connectivity index (χ4n) is 1.34. The van der Waals surface area contributed by atoms with E-state index in [2.05, 4.69) is 10.4 Å². The van der Waals surface area contributed by atoms with Crippen LogP contribution in [0.4, 0.5) is 0 Å². The zero-order chi connectivity index (χ0) is 12.0. The van der Waals surface area contributed by atoms with E-state index in [-0.39, 0.29) is 43.4 Å². The third-order valence-corrected chi connectivity index (χ3v) is 2.09. The van der Waals surface area contributed by atoms with E-state index in [1.165, 1.54) is 7.11 Å². The second-order valence-electron chi connectivity index (χ2n) is 3.70. The number of aromatic nitrogens is 2. The molecule has 1 heterocycles. The summed E-state index contributed by atoms with van der Waals surface area (Å²) in [5.41, 5.74) is 5.59. The molecule has 0 aromatic carbocycles. The molecule has 1 amide bonds. The van der Waals surface area contributed by atoms with Crippen LogP contribution >= 0.6 is 24.8 Å². The van der Waals surface area contributed by atoms with Gasteiger partial charge in [-0.05, 0) is 13.0 Å². The van der Waals surface area contributed by atoms with E-state index in [0.717, 1.165) is 0 Å². The number of hydrogen-bond donors (Lipinski definition) is 2. The predicted molar refractivity (Wildman–Crippen MR) is 74.2 cm³/mol. The summed E-state index contributed by atoms with van der Waals surface area (Å²) in [7, 11) is 1.51. The number of carbonyl (C=O) groups excluding carboxylic acids is 1. The summed E-state index contributed by atoms with van der Waals surface area (Å²) in [6, 6.07) is 1.20. The first-order chi connectivity index (χ1) is 7.63. The number of halogens is 2. The molecule has 106 valence electrons. The molecule has 0 spiro atoms. The average Bonchev–Trinajstić information content (AvgIpc) is 2.70. The fraction of sp³-hybridized carbons (Fsp3) is 0.600. The molecule has 0 saturated carbocycles. The van der Waals surface area contributed by atoms with Crippen molar-refractivity contribution in [2.45, 2.75) is 25.6 Å². The molecular weight excluding hydrogens is 279 g/mol. The molecule has 0 bridgehead atoms. The van der Waals surface area contributed by atoms with Crippen molar-refractivity contribution in [3.63, 3.8) is 0 Å². The van der Waals surface area contributed by atoms with Gasteiger partial charge in [0, 0.05) is 25.5 Å². The first-order valence-electron chi connectivity index (χ1n) is 5.15. The van der Waals surface area contributed by atoms with Crippen molar-refractivity contribution in [1.82, 2.24) is 15.1 Å². The zero-order valence-corrected chi connectivity index (χ0v) is 12.0. The molecule has 0 aliphatic heterocycles. The van der Waals surface area contributed by atoms with Crippen molar-refractivity contribution < 1.29 is 9.53 Å². The van der Waals surface area contributed by atoms with Crippen molar-refractivity contribution >= 4 is 30.7 Å². The Morgan fingerprint density at radius 3 is 2.72 bits per heavy atom. The maximum Gasteiger partial charge on any atom is 0.239 e. The fourth-order valence-corrected chi connectivity index (χ4v) is 1.34. The van der Waals surface area contributed by atoms with Crippen molar-refractivity contribution in [3.05, 3.63) is 18.5 Å². The summed E-state index contributed by atoms with van der Waals surface area (Å²) in [5.74, 6) is -0.207. The predicted octanol–water partition coefficient (Wildman–Crippen LogP) is 0.205. The van der Waals surface area contributed by atoms with Gasteiger partial charge in [-0.3, -0.25) is 9.48 Å². The third kappa shape index (κ3) is 6.80. The third-order valence-electron chi connectivity index (χ3n) is 2.09. The topological polar surface area (TPSA) is 82.2 Å². The number of methoxy groups -OCH3 is 1. The van der Waals surface area contributed by atoms with Crippen molar-refractivity contribution in [1.29, 1.82) is 0 Å². The maximum atomic E-state index is 11.5. The highest BCUT2D eigenvalue weighted by atomic mass is 35.5. The Hall–Kier alpha value is -0.820. The molecular formula is C10H20Cl2N4O2. The van der Waals surface area contributed by atoms with Crippen LogP contribution in [0.25, 0.3) is 0 Å². The van der Waals surface area contributed by atoms with Crippen LogP contribution in [0, 0.1) is 0 Å². The second-order valence-corrected chi connectivity index (χ2v) is 3.70. The molecule has 0 fully saturated rings. The van der Waals surface area contributed by atoms with Gasteiger partial charge >= 0.3 is 0 Å². The van der Waals surface area contributed by atoms with E-state index in [9.17, 15) is 4.79 Å². The van der Waals surface area contributed by atoms with E-state index in [1.807, 2.05) is 19.2 Å². The number of carbonyl (C=O) groups is 1. The minimum Gasteiger partial charge on any atom is -0.383 e. The molecule has 0 saturated heterocycles. The molecule has 1 aromatic heterocycles. The molecule has 6 nitrogen and oxygen atoms in total. The molecule has 1 rings (SSSR count). The SMILES string of the molecule is COCC(N)C(=O)NC(C)Cn1cccn1.Cl.Cl. The minimum atomic E-state index is -0.620. The summed E-state index contributed by atoms with van der Waals surface area (Å²) < 4.78 is 6.57. The quantitative estimate of drug-likeness (QED) is 0.786. The first kappa shape index (κ1) is 19.5. The van der Waals surface area contributed by atoms with Crippen LogP contribution in [0.2, 0.25) is 0 Å². The number of ether oxygens (including phenoxy) is 1. The van der Waals surface area contributed by atoms with E-state index in [0.29, 0.717) is 6.54 Å². The number of hydrogen-bond acceptors (Lipinski definition) is 4. The Labute approximate surface area is 119 Å². The molecule has 2 atom stereocenters. The number of amides is 1. The molecule has 3 N–H and O–H groups in total. The van der Waals surface area contributed by atoms with Gasteiger partial charge in [0.05, 0.1) is 13.2 Å². The van der Waals surface area contributed by atoms with Crippen molar-refractivity contribution in [2.24, 2.45) is 5.73 Å². The zero-order valence-electron chi connectivity index (χ0n) is 10.4. The van der Waals surface area contributed by atoms with Gasteiger partial charge in [-0.25, -0.2) is 0 Å². The molecule has 8 heteroatoms. The van der Waals surface area contributed by atoms with Gasteiger partial charge in [-0.2, -0.15) is 5.10 Å². The number of nitrogens with zero attached hydrogens (tertiary/aromatic N) is 2. The molecule has 0 aliphatic carbocycles. The summed E-state index contributed by atoms with van der Waals surface area (Å²) in [6.45, 7) is 2.75. The Morgan fingerprint density at radius 1 is 1.56 bits per heavy atom. The number of nitrogens with one attached hydrogen (secondary N) is 1. The highest BCUT2D eigenvalue weighted by Crippen LogP contribution is 1.91. The van der Waals surface area contributed by atoms with Gasteiger partial charge < -0.3 is 15.8 Å². The van der Waals surface area contributed by atoms with Gasteiger partial charge in [-0.15, -0.1) is 24.8 Å². The first-order valence-corrected chi connectivity index (χ1v) is 5.15. The Morgan fingerprint density at radius 2 is 2.22 bits per heavy atom. The van der Waals surface area contributed by atoms with E-state index in [4.69, 9.17) is 10.5 Å². The van der Waals surface area contributed by atoms with Crippen LogP contribution in [0.3, 0.4) is 0 Å². The standard InChI is InChI=1S/C10H18N4O2.2ClH/c1-8(6-14-5-3-4-12-14)13-10(15)9(11)7-16-2;;/h3-5,8-9H,6-7,11H2,1-2H3,(H,13,15);2*1H. The molecule has 0 radical (unpaired) electrons. The van der Waals surface area contributed by atoms with Crippen LogP contribution in [-0.4, -0.2) is 41.5 Å². The van der Waals surface area contributed by atoms with Gasteiger partial charge in [-0.1, -0.05) is 0 Å². The van der Waals surface area contributed by atoms with Crippen LogP contribution in [0.15, 0.2) is 18.5 Å². The van der Waals surface area contributed by atoms with Gasteiger partial charge in [0.25, 0.3) is 0 Å². The lowest BCUT2D eigenvalue weighted by molar-refractivity contribution is -0.124. The lowest BCUT2D eigenvalue weighted by Crippen LogP contribution is -2.47. The Kier molecular flexibility index (Phi) is 11.0. The van der Waals surface area contributed by atoms with Crippen LogP contribution in [0.5, 0.6) is 0 Å². The number of nitrogens with two attached hydrogens (primary N) is 1. The van der Waals surface area contributed by atoms with Gasteiger partial charge in [0.2, 0.25) is 5.91 Å². The highest BCUT2D eigenvalue weighted by Gasteiger charge is 2.15. The average molecular weight is 299 g/mol. The molecule has 1 aromatic rings. The summed E-state index contributed by atoms with van der Waals surface area (Å²) >= 11 is 0. The molecule has 2 unspecified atom stereocenters. The highest BCUT2D eigenvalue weighted by molar-refractivity contribution is 5.85. The summed E-state index contributed by atoms with van der Waals surface area (Å²) in [6.07, 6.45) is 3.54. The Bertz CT molecular complexity index is 322. The van der Waals surface area contributed by atoms with Gasteiger partial charge in [0.15, 0.2) is 0 Å². The van der Waals surface area contributed by atoms with Crippen LogP contribution in [0.1, 0.15) is 6.92 Å². The molecule has 0 aliphatic rings. The van der Waals surface area contributed by atoms with E-state index in [1.54, 1.807) is 10.9 Å². The van der Waals surface area contributed by atoms with E-state index < -0.39 is 6.04 Å². The smallest absolute Gasteiger partial charge is 0.239 e. The monoisotopic (exact) mass is 298 g/mol. The minimum absolute atomic E-state index is 0. The van der Waals surface area contributed by atoms with Crippen molar-refractivity contribution in [2.75, 3.05) is 13.7 Å². The largest absolute Gasteiger partial charge is 0.383 e. The van der Waals surface area contributed by atoms with E-state index >= 15 is 0 Å². The lowest BCUT2D eigenvalue weighted by atomic mass is 10.2. The van der Waals surface area contributed by atoms with Gasteiger partial charge in [0.1, 0.15) is 6.04 Å². The normalized spacial score (nSPS) is 12.8. The number of rotatable bonds is 6. The van der Waals surface area contributed by atoms with Crippen molar-refractivity contribution in [3.8, 4) is 0 Å². The van der Waals surface area contributed by atoms with Crippen LogP contribution < -0.4 is 11.1 Å². The Balaban J connectivity index is 0.